The number of imidazole rings is 1. The Morgan fingerprint density at radius 3 is 2.42 bits per heavy atom. The normalized spacial score (nSPS) is 11.2. The van der Waals surface area contributed by atoms with E-state index in [0.717, 1.165) is 18.0 Å². The Kier molecular flexibility index (Phi) is 5.94. The quantitative estimate of drug-likeness (QED) is 0.444. The highest BCUT2D eigenvalue weighted by atomic mass is 19.4. The van der Waals surface area contributed by atoms with E-state index < -0.39 is 18.0 Å². The summed E-state index contributed by atoms with van der Waals surface area (Å²) in [6.45, 7) is 1.85. The second kappa shape index (κ2) is 8.99. The predicted octanol–water partition coefficient (Wildman–Crippen LogP) is 4.91. The zero-order chi connectivity index (χ0) is 23.4. The first kappa shape index (κ1) is 21.8. The molecule has 33 heavy (non-hydrogen) atoms. The lowest BCUT2D eigenvalue weighted by Crippen LogP contribution is -2.18. The Labute approximate surface area is 185 Å². The molecule has 2 heterocycles. The third kappa shape index (κ3) is 5.64. The fourth-order valence-corrected chi connectivity index (χ4v) is 2.88. The molecule has 2 aromatic heterocycles. The van der Waals surface area contributed by atoms with Gasteiger partial charge in [-0.05, 0) is 55.5 Å². The van der Waals surface area contributed by atoms with Gasteiger partial charge in [0, 0.05) is 29.7 Å². The predicted molar refractivity (Wildman–Crippen MR) is 111 cm³/mol. The molecule has 4 rings (SSSR count). The first-order valence-corrected chi connectivity index (χ1v) is 9.56. The molecule has 0 atom stereocenters. The highest BCUT2D eigenvalue weighted by Gasteiger charge is 2.31. The first-order chi connectivity index (χ1) is 15.8. The van der Waals surface area contributed by atoms with Crippen LogP contribution in [0.5, 0.6) is 17.4 Å². The number of aromatic nitrogens is 4. The number of benzene rings is 2. The summed E-state index contributed by atoms with van der Waals surface area (Å²) in [5.41, 5.74) is 0.437. The minimum Gasteiger partial charge on any atom is -0.438 e. The number of anilines is 1. The second-order valence-electron chi connectivity index (χ2n) is 6.73. The highest BCUT2D eigenvalue weighted by Crippen LogP contribution is 2.25. The van der Waals surface area contributed by atoms with E-state index in [0.29, 0.717) is 17.3 Å². The fourth-order valence-electron chi connectivity index (χ4n) is 2.88. The van der Waals surface area contributed by atoms with Gasteiger partial charge in [-0.15, -0.1) is 23.4 Å². The Hall–Kier alpha value is -4.41. The van der Waals surface area contributed by atoms with Crippen LogP contribution < -0.4 is 14.8 Å². The standard InChI is InChI=1S/C22H16F3N5O3/c1-14-26-11-12-30(14)19-9-10-20(29-28-19)32-17-7-5-16(6-8-17)27-21(31)15-3-2-4-18(13-15)33-22(23,24)25/h2-13H,1H3,(H,27,31). The molecular weight excluding hydrogens is 439 g/mol. The molecule has 0 aliphatic carbocycles. The average Bonchev–Trinajstić information content (AvgIpc) is 3.20. The number of rotatable bonds is 6. The molecule has 4 aromatic rings. The van der Waals surface area contributed by atoms with Crippen LogP contribution in [0.25, 0.3) is 5.82 Å². The molecule has 8 nitrogen and oxygen atoms in total. The number of nitrogens with zero attached hydrogens (tertiary/aromatic N) is 4. The van der Waals surface area contributed by atoms with Crippen molar-refractivity contribution in [1.29, 1.82) is 0 Å². The molecule has 0 spiro atoms. The van der Waals surface area contributed by atoms with Gasteiger partial charge in [0.15, 0.2) is 5.82 Å². The molecule has 0 aliphatic rings. The van der Waals surface area contributed by atoms with Gasteiger partial charge in [0.2, 0.25) is 5.88 Å². The third-order valence-corrected chi connectivity index (χ3v) is 4.36. The molecule has 0 unspecified atom stereocenters. The smallest absolute Gasteiger partial charge is 0.438 e. The molecule has 0 saturated heterocycles. The van der Waals surface area contributed by atoms with E-state index >= 15 is 0 Å². The Morgan fingerprint density at radius 1 is 1.00 bits per heavy atom. The summed E-state index contributed by atoms with van der Waals surface area (Å²) >= 11 is 0. The van der Waals surface area contributed by atoms with E-state index in [1.165, 1.54) is 12.1 Å². The van der Waals surface area contributed by atoms with E-state index in [1.807, 2.05) is 6.92 Å². The largest absolute Gasteiger partial charge is 0.573 e. The van der Waals surface area contributed by atoms with Crippen molar-refractivity contribution < 1.29 is 27.4 Å². The van der Waals surface area contributed by atoms with Gasteiger partial charge in [0.05, 0.1) is 0 Å². The number of nitrogens with one attached hydrogen (secondary N) is 1. The topological polar surface area (TPSA) is 91.2 Å². The minimum absolute atomic E-state index is 0.0144. The van der Waals surface area contributed by atoms with E-state index in [2.05, 4.69) is 25.2 Å². The van der Waals surface area contributed by atoms with Crippen LogP contribution in [-0.4, -0.2) is 32.0 Å². The number of ether oxygens (including phenoxy) is 2. The maximum atomic E-state index is 12.4. The van der Waals surface area contributed by atoms with E-state index in [-0.39, 0.29) is 11.4 Å². The maximum Gasteiger partial charge on any atom is 0.573 e. The van der Waals surface area contributed by atoms with Crippen molar-refractivity contribution >= 4 is 11.6 Å². The highest BCUT2D eigenvalue weighted by molar-refractivity contribution is 6.04. The van der Waals surface area contributed by atoms with Gasteiger partial charge >= 0.3 is 6.36 Å². The van der Waals surface area contributed by atoms with Crippen LogP contribution in [0, 0.1) is 6.92 Å². The van der Waals surface area contributed by atoms with Gasteiger partial charge < -0.3 is 14.8 Å². The maximum absolute atomic E-state index is 12.4. The molecule has 0 saturated carbocycles. The second-order valence-corrected chi connectivity index (χ2v) is 6.73. The van der Waals surface area contributed by atoms with Crippen molar-refractivity contribution in [3.8, 4) is 23.2 Å². The fraction of sp³-hybridized carbons (Fsp3) is 0.0909. The van der Waals surface area contributed by atoms with Gasteiger partial charge in [0.25, 0.3) is 5.91 Å². The SMILES string of the molecule is Cc1nccn1-c1ccc(Oc2ccc(NC(=O)c3cccc(OC(F)(F)F)c3)cc2)nn1. The Bertz CT molecular complexity index is 1260. The Balaban J connectivity index is 1.38. The van der Waals surface area contributed by atoms with Crippen LogP contribution in [0.3, 0.4) is 0 Å². The van der Waals surface area contributed by atoms with Crippen LogP contribution in [0.2, 0.25) is 0 Å². The van der Waals surface area contributed by atoms with Gasteiger partial charge in [0.1, 0.15) is 17.3 Å². The summed E-state index contributed by atoms with van der Waals surface area (Å²) in [6, 6.07) is 14.6. The van der Waals surface area contributed by atoms with Crippen LogP contribution in [-0.2, 0) is 0 Å². The summed E-state index contributed by atoms with van der Waals surface area (Å²) in [5, 5.41) is 10.7. The molecule has 0 radical (unpaired) electrons. The molecule has 2 aromatic carbocycles. The van der Waals surface area contributed by atoms with Crippen LogP contribution >= 0.6 is 0 Å². The summed E-state index contributed by atoms with van der Waals surface area (Å²) in [6.07, 6.45) is -1.41. The average molecular weight is 455 g/mol. The van der Waals surface area contributed by atoms with Crippen molar-refractivity contribution in [2.75, 3.05) is 5.32 Å². The number of aryl methyl sites for hydroxylation is 1. The number of amides is 1. The number of halogens is 3. The minimum atomic E-state index is -4.84. The van der Waals surface area contributed by atoms with Crippen molar-refractivity contribution in [3.63, 3.8) is 0 Å². The molecule has 0 fully saturated rings. The molecule has 168 valence electrons. The molecule has 0 aliphatic heterocycles. The first-order valence-electron chi connectivity index (χ1n) is 9.56. The number of hydrogen-bond acceptors (Lipinski definition) is 6. The van der Waals surface area contributed by atoms with Gasteiger partial charge in [-0.3, -0.25) is 9.36 Å². The van der Waals surface area contributed by atoms with E-state index in [9.17, 15) is 18.0 Å². The molecular formula is C22H16F3N5O3. The summed E-state index contributed by atoms with van der Waals surface area (Å²) in [4.78, 5) is 16.5. The van der Waals surface area contributed by atoms with Gasteiger partial charge in [-0.1, -0.05) is 6.07 Å². The monoisotopic (exact) mass is 455 g/mol. The molecule has 0 bridgehead atoms. The summed E-state index contributed by atoms with van der Waals surface area (Å²) in [7, 11) is 0. The summed E-state index contributed by atoms with van der Waals surface area (Å²) < 4.78 is 48.4. The number of carbonyl (C=O) groups is 1. The lowest BCUT2D eigenvalue weighted by molar-refractivity contribution is -0.274. The molecule has 1 amide bonds. The number of alkyl halides is 3. The van der Waals surface area contributed by atoms with E-state index in [1.54, 1.807) is 53.4 Å². The summed E-state index contributed by atoms with van der Waals surface area (Å²) in [5.74, 6) is 1.03. The van der Waals surface area contributed by atoms with Crippen molar-refractivity contribution in [2.24, 2.45) is 0 Å². The van der Waals surface area contributed by atoms with Gasteiger partial charge in [-0.2, -0.15) is 0 Å². The number of hydrogen-bond donors (Lipinski definition) is 1. The van der Waals surface area contributed by atoms with Crippen LogP contribution in [0.4, 0.5) is 18.9 Å². The van der Waals surface area contributed by atoms with Crippen molar-refractivity contribution in [1.82, 2.24) is 19.7 Å². The van der Waals surface area contributed by atoms with Gasteiger partial charge in [-0.25, -0.2) is 4.98 Å². The van der Waals surface area contributed by atoms with E-state index in [4.69, 9.17) is 4.74 Å². The Morgan fingerprint density at radius 2 is 1.79 bits per heavy atom. The van der Waals surface area contributed by atoms with Crippen molar-refractivity contribution in [2.45, 2.75) is 13.3 Å². The van der Waals surface area contributed by atoms with Crippen LogP contribution in [0.15, 0.2) is 73.1 Å². The van der Waals surface area contributed by atoms with Crippen molar-refractivity contribution in [3.05, 3.63) is 84.4 Å². The lowest BCUT2D eigenvalue weighted by Gasteiger charge is -2.11. The lowest BCUT2D eigenvalue weighted by atomic mass is 10.2. The zero-order valence-electron chi connectivity index (χ0n) is 17.1. The zero-order valence-corrected chi connectivity index (χ0v) is 17.1. The third-order valence-electron chi connectivity index (χ3n) is 4.36. The molecule has 11 heteroatoms. The molecule has 1 N–H and O–H groups in total. The van der Waals surface area contributed by atoms with Crippen LogP contribution in [0.1, 0.15) is 16.2 Å². The number of carbonyl (C=O) groups excluding carboxylic acids is 1.